The highest BCUT2D eigenvalue weighted by Gasteiger charge is 2.21. The quantitative estimate of drug-likeness (QED) is 0.869. The predicted octanol–water partition coefficient (Wildman–Crippen LogP) is 1.63. The highest BCUT2D eigenvalue weighted by atomic mass is 16.1. The van der Waals surface area contributed by atoms with Crippen LogP contribution in [0, 0.1) is 0 Å². The van der Waals surface area contributed by atoms with Crippen LogP contribution in [-0.2, 0) is 0 Å². The maximum Gasteiger partial charge on any atom is 0.271 e. The number of nitrogens with one attached hydrogen (secondary N) is 1. The molecule has 3 rings (SSSR count). The van der Waals surface area contributed by atoms with E-state index in [1.165, 1.54) is 6.20 Å². The SMILES string of the molecule is N[C@H]1CC[C@H](NC(=O)c2cnc3ccccc3n2)CC1. The number of para-hydroxylation sites is 2. The van der Waals surface area contributed by atoms with Gasteiger partial charge in [-0.25, -0.2) is 4.98 Å². The summed E-state index contributed by atoms with van der Waals surface area (Å²) in [5.41, 5.74) is 7.78. The number of rotatable bonds is 2. The lowest BCUT2D eigenvalue weighted by molar-refractivity contribution is 0.0921. The van der Waals surface area contributed by atoms with Gasteiger partial charge in [0.1, 0.15) is 5.69 Å². The van der Waals surface area contributed by atoms with E-state index >= 15 is 0 Å². The molecule has 1 saturated carbocycles. The molecule has 1 heterocycles. The second-order valence-electron chi connectivity index (χ2n) is 5.33. The van der Waals surface area contributed by atoms with Crippen LogP contribution in [0.3, 0.4) is 0 Å². The third kappa shape index (κ3) is 2.77. The number of hydrogen-bond donors (Lipinski definition) is 2. The monoisotopic (exact) mass is 270 g/mol. The molecule has 0 bridgehead atoms. The number of nitrogens with zero attached hydrogens (tertiary/aromatic N) is 2. The fourth-order valence-corrected chi connectivity index (χ4v) is 2.59. The zero-order valence-electron chi connectivity index (χ0n) is 11.2. The lowest BCUT2D eigenvalue weighted by Gasteiger charge is -2.26. The molecule has 3 N–H and O–H groups in total. The molecule has 0 radical (unpaired) electrons. The van der Waals surface area contributed by atoms with Gasteiger partial charge in [-0.2, -0.15) is 0 Å². The number of benzene rings is 1. The Morgan fingerprint density at radius 3 is 2.60 bits per heavy atom. The van der Waals surface area contributed by atoms with Gasteiger partial charge in [-0.3, -0.25) is 9.78 Å². The molecule has 0 aliphatic heterocycles. The number of hydrogen-bond acceptors (Lipinski definition) is 4. The average Bonchev–Trinajstić information content (AvgIpc) is 2.49. The van der Waals surface area contributed by atoms with Crippen molar-refractivity contribution in [2.45, 2.75) is 37.8 Å². The Morgan fingerprint density at radius 2 is 1.85 bits per heavy atom. The Morgan fingerprint density at radius 1 is 1.15 bits per heavy atom. The second kappa shape index (κ2) is 5.54. The summed E-state index contributed by atoms with van der Waals surface area (Å²) in [5.74, 6) is -0.149. The van der Waals surface area contributed by atoms with Crippen LogP contribution >= 0.6 is 0 Å². The molecule has 1 aliphatic carbocycles. The van der Waals surface area contributed by atoms with Gasteiger partial charge in [-0.15, -0.1) is 0 Å². The van der Waals surface area contributed by atoms with Crippen molar-refractivity contribution in [1.82, 2.24) is 15.3 Å². The Balaban J connectivity index is 1.72. The van der Waals surface area contributed by atoms with Crippen LogP contribution in [0.25, 0.3) is 11.0 Å². The summed E-state index contributed by atoms with van der Waals surface area (Å²) in [6, 6.07) is 8.02. The molecule has 0 unspecified atom stereocenters. The maximum atomic E-state index is 12.2. The first-order valence-electron chi connectivity index (χ1n) is 7.00. The molecule has 0 atom stereocenters. The van der Waals surface area contributed by atoms with E-state index < -0.39 is 0 Å². The molecule has 1 aromatic carbocycles. The minimum absolute atomic E-state index is 0.149. The summed E-state index contributed by atoms with van der Waals surface area (Å²) in [5, 5.41) is 3.02. The van der Waals surface area contributed by atoms with Crippen molar-refractivity contribution < 1.29 is 4.79 Å². The Labute approximate surface area is 117 Å². The van der Waals surface area contributed by atoms with Crippen molar-refractivity contribution in [3.63, 3.8) is 0 Å². The summed E-state index contributed by atoms with van der Waals surface area (Å²) in [7, 11) is 0. The molecule has 1 fully saturated rings. The van der Waals surface area contributed by atoms with Crippen molar-refractivity contribution in [3.8, 4) is 0 Å². The van der Waals surface area contributed by atoms with Gasteiger partial charge < -0.3 is 11.1 Å². The van der Waals surface area contributed by atoms with Gasteiger partial charge in [0.2, 0.25) is 0 Å². The van der Waals surface area contributed by atoms with E-state index in [2.05, 4.69) is 15.3 Å². The maximum absolute atomic E-state index is 12.2. The van der Waals surface area contributed by atoms with Crippen LogP contribution in [-0.4, -0.2) is 28.0 Å². The van der Waals surface area contributed by atoms with Crippen molar-refractivity contribution >= 4 is 16.9 Å². The molecule has 0 saturated heterocycles. The summed E-state index contributed by atoms with van der Waals surface area (Å²) in [6.07, 6.45) is 5.34. The highest BCUT2D eigenvalue weighted by molar-refractivity contribution is 5.93. The molecular formula is C15H18N4O. The minimum Gasteiger partial charge on any atom is -0.348 e. The van der Waals surface area contributed by atoms with Gasteiger partial charge in [0.15, 0.2) is 0 Å². The first-order chi connectivity index (χ1) is 9.72. The van der Waals surface area contributed by atoms with E-state index in [9.17, 15) is 4.79 Å². The summed E-state index contributed by atoms with van der Waals surface area (Å²) >= 11 is 0. The van der Waals surface area contributed by atoms with Gasteiger partial charge in [0.05, 0.1) is 17.2 Å². The number of carbonyl (C=O) groups excluding carboxylic acids is 1. The minimum atomic E-state index is -0.149. The standard InChI is InChI=1S/C15H18N4O/c16-10-5-7-11(8-6-10)18-15(20)14-9-17-12-3-1-2-4-13(12)19-14/h1-4,9-11H,5-8,16H2,(H,18,20)/t10-,11-. The molecule has 5 heteroatoms. The molecule has 1 aliphatic rings. The normalized spacial score (nSPS) is 22.6. The van der Waals surface area contributed by atoms with E-state index in [1.54, 1.807) is 0 Å². The third-order valence-corrected chi connectivity index (χ3v) is 3.79. The summed E-state index contributed by atoms with van der Waals surface area (Å²) in [4.78, 5) is 20.8. The van der Waals surface area contributed by atoms with E-state index in [0.29, 0.717) is 5.69 Å². The van der Waals surface area contributed by atoms with Crippen molar-refractivity contribution in [2.75, 3.05) is 0 Å². The van der Waals surface area contributed by atoms with Crippen LogP contribution in [0.15, 0.2) is 30.5 Å². The lowest BCUT2D eigenvalue weighted by Crippen LogP contribution is -2.40. The van der Waals surface area contributed by atoms with Gasteiger partial charge in [-0.05, 0) is 37.8 Å². The van der Waals surface area contributed by atoms with Gasteiger partial charge in [0.25, 0.3) is 5.91 Å². The van der Waals surface area contributed by atoms with E-state index in [4.69, 9.17) is 5.73 Å². The predicted molar refractivity (Wildman–Crippen MR) is 77.2 cm³/mol. The molecular weight excluding hydrogens is 252 g/mol. The molecule has 104 valence electrons. The number of aromatic nitrogens is 2. The largest absolute Gasteiger partial charge is 0.348 e. The van der Waals surface area contributed by atoms with Crippen molar-refractivity contribution in [2.24, 2.45) is 5.73 Å². The average molecular weight is 270 g/mol. The van der Waals surface area contributed by atoms with E-state index in [-0.39, 0.29) is 18.0 Å². The van der Waals surface area contributed by atoms with Crippen molar-refractivity contribution in [1.29, 1.82) is 0 Å². The number of nitrogens with two attached hydrogens (primary N) is 1. The van der Waals surface area contributed by atoms with Crippen LogP contribution in [0.5, 0.6) is 0 Å². The highest BCUT2D eigenvalue weighted by Crippen LogP contribution is 2.17. The van der Waals surface area contributed by atoms with E-state index in [0.717, 1.165) is 36.7 Å². The number of amides is 1. The number of fused-ring (bicyclic) bond motifs is 1. The Kier molecular flexibility index (Phi) is 3.60. The zero-order valence-corrected chi connectivity index (χ0v) is 11.2. The smallest absolute Gasteiger partial charge is 0.271 e. The van der Waals surface area contributed by atoms with Crippen molar-refractivity contribution in [3.05, 3.63) is 36.2 Å². The Hall–Kier alpha value is -2.01. The third-order valence-electron chi connectivity index (χ3n) is 3.79. The van der Waals surface area contributed by atoms with Gasteiger partial charge in [-0.1, -0.05) is 12.1 Å². The summed E-state index contributed by atoms with van der Waals surface area (Å²) < 4.78 is 0. The first kappa shape index (κ1) is 13.0. The summed E-state index contributed by atoms with van der Waals surface area (Å²) in [6.45, 7) is 0. The topological polar surface area (TPSA) is 80.9 Å². The van der Waals surface area contributed by atoms with Gasteiger partial charge >= 0.3 is 0 Å². The lowest BCUT2D eigenvalue weighted by atomic mass is 9.92. The first-order valence-corrected chi connectivity index (χ1v) is 7.00. The zero-order chi connectivity index (χ0) is 13.9. The number of carbonyl (C=O) groups is 1. The molecule has 1 aromatic heterocycles. The van der Waals surface area contributed by atoms with Crippen LogP contribution in [0.4, 0.5) is 0 Å². The Bertz CT molecular complexity index is 620. The van der Waals surface area contributed by atoms with Crippen LogP contribution in [0.2, 0.25) is 0 Å². The van der Waals surface area contributed by atoms with Crippen LogP contribution < -0.4 is 11.1 Å². The van der Waals surface area contributed by atoms with Crippen LogP contribution in [0.1, 0.15) is 36.2 Å². The van der Waals surface area contributed by atoms with Gasteiger partial charge in [0, 0.05) is 12.1 Å². The molecule has 2 aromatic rings. The van der Waals surface area contributed by atoms with E-state index in [1.807, 2.05) is 24.3 Å². The molecule has 1 amide bonds. The fourth-order valence-electron chi connectivity index (χ4n) is 2.59. The molecule has 0 spiro atoms. The fraction of sp³-hybridized carbons (Fsp3) is 0.400. The molecule has 5 nitrogen and oxygen atoms in total. The molecule has 20 heavy (non-hydrogen) atoms. The second-order valence-corrected chi connectivity index (χ2v) is 5.33.